The second-order valence-corrected chi connectivity index (χ2v) is 4.48. The van der Waals surface area contributed by atoms with Crippen LogP contribution in [-0.2, 0) is 5.41 Å². The van der Waals surface area contributed by atoms with E-state index in [2.05, 4.69) is 13.0 Å². The summed E-state index contributed by atoms with van der Waals surface area (Å²) < 4.78 is 10.8. The molecule has 0 bridgehead atoms. The SMILES string of the molecule is COc1ccc(C)c(C2(CN)CC2)c1OC. The van der Waals surface area contributed by atoms with Crippen molar-refractivity contribution in [2.75, 3.05) is 20.8 Å². The topological polar surface area (TPSA) is 44.5 Å². The minimum Gasteiger partial charge on any atom is -0.493 e. The first-order valence-corrected chi connectivity index (χ1v) is 5.60. The lowest BCUT2D eigenvalue weighted by Gasteiger charge is -2.21. The molecule has 88 valence electrons. The van der Waals surface area contributed by atoms with Crippen LogP contribution in [0.3, 0.4) is 0 Å². The van der Waals surface area contributed by atoms with Crippen LogP contribution < -0.4 is 15.2 Å². The second-order valence-electron chi connectivity index (χ2n) is 4.48. The molecule has 0 amide bonds. The van der Waals surface area contributed by atoms with Crippen LogP contribution in [-0.4, -0.2) is 20.8 Å². The van der Waals surface area contributed by atoms with Gasteiger partial charge in [0.05, 0.1) is 14.2 Å². The van der Waals surface area contributed by atoms with Crippen LogP contribution in [0.15, 0.2) is 12.1 Å². The Morgan fingerprint density at radius 3 is 2.38 bits per heavy atom. The van der Waals surface area contributed by atoms with Crippen LogP contribution in [0.1, 0.15) is 24.0 Å². The molecule has 0 saturated heterocycles. The minimum atomic E-state index is 0.129. The van der Waals surface area contributed by atoms with E-state index < -0.39 is 0 Å². The maximum atomic E-state index is 5.89. The average molecular weight is 221 g/mol. The van der Waals surface area contributed by atoms with Gasteiger partial charge >= 0.3 is 0 Å². The first-order chi connectivity index (χ1) is 7.68. The van der Waals surface area contributed by atoms with Crippen LogP contribution in [0.4, 0.5) is 0 Å². The van der Waals surface area contributed by atoms with E-state index in [4.69, 9.17) is 15.2 Å². The van der Waals surface area contributed by atoms with Crippen LogP contribution in [0, 0.1) is 6.92 Å². The number of ether oxygens (including phenoxy) is 2. The van der Waals surface area contributed by atoms with Crippen molar-refractivity contribution in [3.63, 3.8) is 0 Å². The molecule has 1 aromatic rings. The molecule has 3 nitrogen and oxygen atoms in total. The molecular weight excluding hydrogens is 202 g/mol. The minimum absolute atomic E-state index is 0.129. The maximum absolute atomic E-state index is 5.89. The number of hydrogen-bond acceptors (Lipinski definition) is 3. The molecule has 1 aliphatic rings. The van der Waals surface area contributed by atoms with Crippen LogP contribution in [0.5, 0.6) is 11.5 Å². The van der Waals surface area contributed by atoms with Gasteiger partial charge in [-0.3, -0.25) is 0 Å². The van der Waals surface area contributed by atoms with Crippen molar-refractivity contribution in [1.82, 2.24) is 0 Å². The van der Waals surface area contributed by atoms with Gasteiger partial charge in [0.15, 0.2) is 11.5 Å². The zero-order valence-electron chi connectivity index (χ0n) is 10.2. The first-order valence-electron chi connectivity index (χ1n) is 5.60. The third-order valence-electron chi connectivity index (χ3n) is 3.53. The summed E-state index contributed by atoms with van der Waals surface area (Å²) in [5.41, 5.74) is 8.49. The lowest BCUT2D eigenvalue weighted by Crippen LogP contribution is -2.21. The predicted molar refractivity (Wildman–Crippen MR) is 64.2 cm³/mol. The van der Waals surface area contributed by atoms with E-state index in [1.807, 2.05) is 6.07 Å². The van der Waals surface area contributed by atoms with Gasteiger partial charge in [0, 0.05) is 17.5 Å². The Morgan fingerprint density at radius 1 is 1.25 bits per heavy atom. The number of nitrogens with two attached hydrogens (primary N) is 1. The van der Waals surface area contributed by atoms with Gasteiger partial charge in [0.25, 0.3) is 0 Å². The second kappa shape index (κ2) is 3.98. The van der Waals surface area contributed by atoms with Crippen molar-refractivity contribution in [1.29, 1.82) is 0 Å². The lowest BCUT2D eigenvalue weighted by molar-refractivity contribution is 0.348. The quantitative estimate of drug-likeness (QED) is 0.845. The molecule has 1 fully saturated rings. The van der Waals surface area contributed by atoms with E-state index in [1.54, 1.807) is 14.2 Å². The highest BCUT2D eigenvalue weighted by molar-refractivity contribution is 5.56. The summed E-state index contributed by atoms with van der Waals surface area (Å²) in [6.45, 7) is 2.78. The van der Waals surface area contributed by atoms with E-state index in [-0.39, 0.29) is 5.41 Å². The molecule has 1 aromatic carbocycles. The van der Waals surface area contributed by atoms with Crippen LogP contribution in [0.25, 0.3) is 0 Å². The van der Waals surface area contributed by atoms with Crippen LogP contribution >= 0.6 is 0 Å². The van der Waals surface area contributed by atoms with Gasteiger partial charge < -0.3 is 15.2 Å². The van der Waals surface area contributed by atoms with E-state index in [0.717, 1.165) is 24.3 Å². The number of rotatable bonds is 4. The van der Waals surface area contributed by atoms with Gasteiger partial charge in [-0.1, -0.05) is 6.07 Å². The normalized spacial score (nSPS) is 17.0. The average Bonchev–Trinajstić information content (AvgIpc) is 3.09. The van der Waals surface area contributed by atoms with Crippen molar-refractivity contribution in [2.24, 2.45) is 5.73 Å². The van der Waals surface area contributed by atoms with Gasteiger partial charge in [-0.05, 0) is 31.4 Å². The highest BCUT2D eigenvalue weighted by Gasteiger charge is 2.46. The van der Waals surface area contributed by atoms with E-state index in [9.17, 15) is 0 Å². The molecule has 16 heavy (non-hydrogen) atoms. The zero-order valence-corrected chi connectivity index (χ0v) is 10.2. The summed E-state index contributed by atoms with van der Waals surface area (Å²) in [6.07, 6.45) is 2.29. The summed E-state index contributed by atoms with van der Waals surface area (Å²) in [4.78, 5) is 0. The standard InChI is InChI=1S/C13H19NO2/c1-9-4-5-10(15-2)12(16-3)11(9)13(8-14)6-7-13/h4-5H,6-8,14H2,1-3H3. The zero-order chi connectivity index (χ0) is 11.8. The third-order valence-corrected chi connectivity index (χ3v) is 3.53. The summed E-state index contributed by atoms with van der Waals surface area (Å²) in [5.74, 6) is 1.65. The summed E-state index contributed by atoms with van der Waals surface area (Å²) >= 11 is 0. The monoisotopic (exact) mass is 221 g/mol. The van der Waals surface area contributed by atoms with Gasteiger partial charge in [-0.15, -0.1) is 0 Å². The Kier molecular flexibility index (Phi) is 2.80. The van der Waals surface area contributed by atoms with Crippen molar-refractivity contribution in [2.45, 2.75) is 25.2 Å². The van der Waals surface area contributed by atoms with Crippen molar-refractivity contribution >= 4 is 0 Å². The molecule has 2 N–H and O–H groups in total. The van der Waals surface area contributed by atoms with E-state index >= 15 is 0 Å². The molecule has 0 atom stereocenters. The largest absolute Gasteiger partial charge is 0.493 e. The number of methoxy groups -OCH3 is 2. The number of hydrogen-bond donors (Lipinski definition) is 1. The molecule has 0 aliphatic heterocycles. The molecular formula is C13H19NO2. The highest BCUT2D eigenvalue weighted by Crippen LogP contribution is 2.53. The Morgan fingerprint density at radius 2 is 1.94 bits per heavy atom. The molecule has 0 unspecified atom stereocenters. The smallest absolute Gasteiger partial charge is 0.164 e. The molecule has 1 aliphatic carbocycles. The van der Waals surface area contributed by atoms with Gasteiger partial charge in [0.1, 0.15) is 0 Å². The molecule has 0 spiro atoms. The summed E-state index contributed by atoms with van der Waals surface area (Å²) in [6, 6.07) is 4.02. The Labute approximate surface area is 96.5 Å². The molecule has 3 heteroatoms. The van der Waals surface area contributed by atoms with Crippen molar-refractivity contribution < 1.29 is 9.47 Å². The van der Waals surface area contributed by atoms with Crippen LogP contribution in [0.2, 0.25) is 0 Å². The highest BCUT2D eigenvalue weighted by atomic mass is 16.5. The molecule has 0 aromatic heterocycles. The Bertz CT molecular complexity index is 397. The fourth-order valence-corrected chi connectivity index (χ4v) is 2.39. The fourth-order valence-electron chi connectivity index (χ4n) is 2.39. The van der Waals surface area contributed by atoms with Crippen molar-refractivity contribution in [3.8, 4) is 11.5 Å². The Balaban J connectivity index is 2.57. The molecule has 2 rings (SSSR count). The van der Waals surface area contributed by atoms with Gasteiger partial charge in [-0.2, -0.15) is 0 Å². The maximum Gasteiger partial charge on any atom is 0.164 e. The van der Waals surface area contributed by atoms with E-state index in [0.29, 0.717) is 6.54 Å². The number of benzene rings is 1. The first kappa shape index (κ1) is 11.3. The molecule has 0 radical (unpaired) electrons. The molecule has 0 heterocycles. The fraction of sp³-hybridized carbons (Fsp3) is 0.538. The van der Waals surface area contributed by atoms with E-state index in [1.165, 1.54) is 11.1 Å². The lowest BCUT2D eigenvalue weighted by atomic mass is 9.90. The molecule has 1 saturated carbocycles. The van der Waals surface area contributed by atoms with Gasteiger partial charge in [-0.25, -0.2) is 0 Å². The number of aryl methyl sites for hydroxylation is 1. The summed E-state index contributed by atoms with van der Waals surface area (Å²) in [7, 11) is 3.35. The van der Waals surface area contributed by atoms with Crippen molar-refractivity contribution in [3.05, 3.63) is 23.3 Å². The van der Waals surface area contributed by atoms with Gasteiger partial charge in [0.2, 0.25) is 0 Å². The predicted octanol–water partition coefficient (Wildman–Crippen LogP) is 2.00. The Hall–Kier alpha value is -1.22. The summed E-state index contributed by atoms with van der Waals surface area (Å²) in [5, 5.41) is 0. The third kappa shape index (κ3) is 1.55.